The zero-order valence-electron chi connectivity index (χ0n) is 13.8. The van der Waals surface area contributed by atoms with Crippen LogP contribution in [-0.4, -0.2) is 40.0 Å². The first-order chi connectivity index (χ1) is 12.2. The van der Waals surface area contributed by atoms with Gasteiger partial charge in [-0.3, -0.25) is 10.1 Å². The minimum Gasteiger partial charge on any atom is -0.484 e. The van der Waals surface area contributed by atoms with Crippen LogP contribution in [0.1, 0.15) is 23.5 Å². The number of benzene rings is 1. The third-order valence-corrected chi connectivity index (χ3v) is 8.14. The standard InChI is InChI=1S/C16H19N3O2S4/c1-2-22-16-19-18-15(25-16)17-13(20)10-21-12-6-4-11(5-7-12)14-23-8-3-9-24-14/h4-7,14H,2-3,8-10H2,1H3,(H,17,18,20). The molecule has 2 heterocycles. The number of carbonyl (C=O) groups is 1. The highest BCUT2D eigenvalue weighted by Gasteiger charge is 2.16. The van der Waals surface area contributed by atoms with Crippen molar-refractivity contribution in [2.75, 3.05) is 29.2 Å². The lowest BCUT2D eigenvalue weighted by Crippen LogP contribution is -2.20. The van der Waals surface area contributed by atoms with Crippen LogP contribution in [0.15, 0.2) is 28.6 Å². The molecule has 1 aromatic carbocycles. The zero-order valence-corrected chi connectivity index (χ0v) is 17.0. The first-order valence-electron chi connectivity index (χ1n) is 7.96. The van der Waals surface area contributed by atoms with Crippen molar-refractivity contribution in [2.45, 2.75) is 22.3 Å². The average molecular weight is 414 g/mol. The molecule has 2 aromatic rings. The van der Waals surface area contributed by atoms with Gasteiger partial charge in [0.25, 0.3) is 5.91 Å². The number of nitrogens with zero attached hydrogens (tertiary/aromatic N) is 2. The minimum atomic E-state index is -0.230. The molecule has 1 fully saturated rings. The van der Waals surface area contributed by atoms with E-state index in [4.69, 9.17) is 4.74 Å². The maximum atomic E-state index is 12.0. The van der Waals surface area contributed by atoms with Crippen molar-refractivity contribution in [1.82, 2.24) is 10.2 Å². The lowest BCUT2D eigenvalue weighted by molar-refractivity contribution is -0.118. The van der Waals surface area contributed by atoms with Gasteiger partial charge in [0.2, 0.25) is 5.13 Å². The third kappa shape index (κ3) is 5.80. The third-order valence-electron chi connectivity index (χ3n) is 3.27. The SMILES string of the molecule is CCSc1nnc(NC(=O)COc2ccc(C3SCCCS3)cc2)s1. The van der Waals surface area contributed by atoms with Crippen LogP contribution < -0.4 is 10.1 Å². The molecule has 0 atom stereocenters. The quantitative estimate of drug-likeness (QED) is 0.528. The molecule has 0 saturated carbocycles. The van der Waals surface area contributed by atoms with Crippen molar-refractivity contribution in [3.63, 3.8) is 0 Å². The van der Waals surface area contributed by atoms with Crippen LogP contribution in [0, 0.1) is 0 Å². The van der Waals surface area contributed by atoms with E-state index in [-0.39, 0.29) is 12.5 Å². The number of rotatable bonds is 7. The molecule has 0 aliphatic carbocycles. The molecule has 0 spiro atoms. The number of carbonyl (C=O) groups excluding carboxylic acids is 1. The molecule has 134 valence electrons. The average Bonchev–Trinajstić information content (AvgIpc) is 3.08. The van der Waals surface area contributed by atoms with Crippen LogP contribution >= 0.6 is 46.6 Å². The number of nitrogens with one attached hydrogen (secondary N) is 1. The van der Waals surface area contributed by atoms with Gasteiger partial charge in [-0.15, -0.1) is 33.7 Å². The van der Waals surface area contributed by atoms with Crippen LogP contribution in [0.25, 0.3) is 0 Å². The monoisotopic (exact) mass is 413 g/mol. The van der Waals surface area contributed by atoms with E-state index in [0.29, 0.717) is 15.5 Å². The fourth-order valence-corrected chi connectivity index (χ4v) is 6.71. The van der Waals surface area contributed by atoms with E-state index < -0.39 is 0 Å². The van der Waals surface area contributed by atoms with Gasteiger partial charge in [0.1, 0.15) is 5.75 Å². The molecule has 1 N–H and O–H groups in total. The van der Waals surface area contributed by atoms with E-state index in [2.05, 4.69) is 34.6 Å². The summed E-state index contributed by atoms with van der Waals surface area (Å²) in [5.74, 6) is 3.84. The molecule has 9 heteroatoms. The highest BCUT2D eigenvalue weighted by atomic mass is 32.2. The molecule has 5 nitrogen and oxygen atoms in total. The van der Waals surface area contributed by atoms with Crippen LogP contribution in [-0.2, 0) is 4.79 Å². The Labute approximate surface area is 164 Å². The number of hydrogen-bond acceptors (Lipinski definition) is 8. The van der Waals surface area contributed by atoms with E-state index in [1.807, 2.05) is 35.7 Å². The van der Waals surface area contributed by atoms with Crippen molar-refractivity contribution in [3.8, 4) is 5.75 Å². The summed E-state index contributed by atoms with van der Waals surface area (Å²) < 4.78 is 6.93. The predicted octanol–water partition coefficient (Wildman–Crippen LogP) is 4.54. The lowest BCUT2D eigenvalue weighted by Gasteiger charge is -2.21. The zero-order chi connectivity index (χ0) is 17.5. The van der Waals surface area contributed by atoms with Crippen LogP contribution in [0.5, 0.6) is 5.75 Å². The molecule has 3 rings (SSSR count). The predicted molar refractivity (Wildman–Crippen MR) is 109 cm³/mol. The van der Waals surface area contributed by atoms with E-state index in [1.54, 1.807) is 11.8 Å². The summed E-state index contributed by atoms with van der Waals surface area (Å²) in [5.41, 5.74) is 1.31. The van der Waals surface area contributed by atoms with Crippen molar-refractivity contribution in [3.05, 3.63) is 29.8 Å². The normalized spacial score (nSPS) is 15.1. The molecule has 1 aliphatic heterocycles. The molecule has 0 bridgehead atoms. The van der Waals surface area contributed by atoms with Gasteiger partial charge in [0.05, 0.1) is 4.58 Å². The summed E-state index contributed by atoms with van der Waals surface area (Å²) in [7, 11) is 0. The Bertz CT molecular complexity index is 687. The van der Waals surface area contributed by atoms with Crippen LogP contribution in [0.3, 0.4) is 0 Å². The number of thioether (sulfide) groups is 3. The molecule has 1 aliphatic rings. The van der Waals surface area contributed by atoms with Crippen molar-refractivity contribution in [1.29, 1.82) is 0 Å². The number of aromatic nitrogens is 2. The molecular formula is C16H19N3O2S4. The van der Waals surface area contributed by atoms with E-state index in [1.165, 1.54) is 34.8 Å². The lowest BCUT2D eigenvalue weighted by atomic mass is 10.2. The smallest absolute Gasteiger partial charge is 0.264 e. The van der Waals surface area contributed by atoms with Gasteiger partial charge in [-0.05, 0) is 41.4 Å². The summed E-state index contributed by atoms with van der Waals surface area (Å²) in [6.45, 7) is 2.01. The molecule has 1 aromatic heterocycles. The summed E-state index contributed by atoms with van der Waals surface area (Å²) in [5, 5.41) is 11.2. The largest absolute Gasteiger partial charge is 0.484 e. The number of hydrogen-bond donors (Lipinski definition) is 1. The Morgan fingerprint density at radius 3 is 2.76 bits per heavy atom. The summed E-state index contributed by atoms with van der Waals surface area (Å²) in [6.07, 6.45) is 1.29. The topological polar surface area (TPSA) is 64.1 Å². The van der Waals surface area contributed by atoms with Crippen molar-refractivity contribution < 1.29 is 9.53 Å². The molecule has 1 saturated heterocycles. The van der Waals surface area contributed by atoms with Gasteiger partial charge in [-0.2, -0.15) is 0 Å². The Morgan fingerprint density at radius 2 is 2.04 bits per heavy atom. The van der Waals surface area contributed by atoms with E-state index in [0.717, 1.165) is 10.1 Å². The highest BCUT2D eigenvalue weighted by Crippen LogP contribution is 2.43. The van der Waals surface area contributed by atoms with Crippen LogP contribution in [0.2, 0.25) is 0 Å². The molecule has 0 radical (unpaired) electrons. The fourth-order valence-electron chi connectivity index (χ4n) is 2.15. The Kier molecular flexibility index (Phi) is 7.33. The molecule has 0 unspecified atom stereocenters. The molecule has 1 amide bonds. The number of anilines is 1. The Morgan fingerprint density at radius 1 is 1.28 bits per heavy atom. The van der Waals surface area contributed by atoms with Gasteiger partial charge in [-0.1, -0.05) is 42.2 Å². The highest BCUT2D eigenvalue weighted by molar-refractivity contribution is 8.16. The fraction of sp³-hybridized carbons (Fsp3) is 0.438. The van der Waals surface area contributed by atoms with Crippen molar-refractivity contribution in [2.24, 2.45) is 0 Å². The minimum absolute atomic E-state index is 0.0396. The summed E-state index contributed by atoms with van der Waals surface area (Å²) in [4.78, 5) is 12.0. The van der Waals surface area contributed by atoms with Crippen molar-refractivity contribution >= 4 is 57.7 Å². The van der Waals surface area contributed by atoms with Gasteiger partial charge in [0.15, 0.2) is 10.9 Å². The second-order valence-electron chi connectivity index (χ2n) is 5.14. The van der Waals surface area contributed by atoms with Gasteiger partial charge >= 0.3 is 0 Å². The molecular weight excluding hydrogens is 394 g/mol. The first-order valence-corrected chi connectivity index (χ1v) is 11.9. The maximum absolute atomic E-state index is 12.0. The molecule has 25 heavy (non-hydrogen) atoms. The Balaban J connectivity index is 1.46. The number of amides is 1. The summed E-state index contributed by atoms with van der Waals surface area (Å²) >= 11 is 6.96. The second-order valence-corrected chi connectivity index (χ2v) is 10.4. The van der Waals surface area contributed by atoms with E-state index in [9.17, 15) is 4.79 Å². The van der Waals surface area contributed by atoms with Gasteiger partial charge in [0, 0.05) is 0 Å². The number of ether oxygens (including phenoxy) is 1. The first kappa shape index (κ1) is 18.9. The maximum Gasteiger partial charge on any atom is 0.264 e. The summed E-state index contributed by atoms with van der Waals surface area (Å²) in [6, 6.07) is 8.03. The van der Waals surface area contributed by atoms with Gasteiger partial charge < -0.3 is 4.74 Å². The van der Waals surface area contributed by atoms with Gasteiger partial charge in [-0.25, -0.2) is 0 Å². The second kappa shape index (κ2) is 9.70. The van der Waals surface area contributed by atoms with Crippen LogP contribution in [0.4, 0.5) is 5.13 Å². The Hall–Kier alpha value is -0.900. The van der Waals surface area contributed by atoms with E-state index >= 15 is 0 Å².